The number of amides is 1. The Hall–Kier alpha value is -2.89. The van der Waals surface area contributed by atoms with Crippen molar-refractivity contribution in [2.75, 3.05) is 0 Å². The van der Waals surface area contributed by atoms with Gasteiger partial charge in [0, 0.05) is 13.0 Å². The Morgan fingerprint density at radius 1 is 1.32 bits per heavy atom. The number of carbonyl (C=O) groups excluding carboxylic acids is 1. The molecule has 1 aromatic carbocycles. The van der Waals surface area contributed by atoms with E-state index < -0.39 is 0 Å². The molecule has 1 amide bonds. The van der Waals surface area contributed by atoms with Gasteiger partial charge >= 0.3 is 0 Å². The van der Waals surface area contributed by atoms with Crippen molar-refractivity contribution in [3.63, 3.8) is 0 Å². The van der Waals surface area contributed by atoms with E-state index in [2.05, 4.69) is 10.3 Å². The maximum absolute atomic E-state index is 12.5. The number of fused-ring (bicyclic) bond motifs is 1. The van der Waals surface area contributed by atoms with Crippen molar-refractivity contribution in [3.8, 4) is 0 Å². The zero-order valence-corrected chi connectivity index (χ0v) is 14.4. The zero-order chi connectivity index (χ0) is 17.8. The van der Waals surface area contributed by atoms with Crippen LogP contribution >= 0.6 is 0 Å². The molecule has 0 saturated carbocycles. The molecule has 0 bridgehead atoms. The first kappa shape index (κ1) is 17.0. The Kier molecular flexibility index (Phi) is 4.97. The predicted octanol–water partition coefficient (Wildman–Crippen LogP) is 2.96. The molecule has 6 heteroatoms. The van der Waals surface area contributed by atoms with Gasteiger partial charge in [0.2, 0.25) is 5.91 Å². The van der Waals surface area contributed by atoms with Crippen LogP contribution in [0.25, 0.3) is 10.9 Å². The largest absolute Gasteiger partial charge is 0.467 e. The van der Waals surface area contributed by atoms with E-state index >= 15 is 0 Å². The van der Waals surface area contributed by atoms with Crippen molar-refractivity contribution >= 4 is 16.8 Å². The number of hydrogen-bond donors (Lipinski definition) is 1. The fourth-order valence-electron chi connectivity index (χ4n) is 2.83. The van der Waals surface area contributed by atoms with Crippen molar-refractivity contribution in [1.29, 1.82) is 0 Å². The van der Waals surface area contributed by atoms with Crippen LogP contribution in [0, 0.1) is 6.92 Å². The molecule has 1 N–H and O–H groups in total. The molecule has 25 heavy (non-hydrogen) atoms. The molecule has 6 nitrogen and oxygen atoms in total. The van der Waals surface area contributed by atoms with Gasteiger partial charge in [-0.05, 0) is 44.0 Å². The highest BCUT2D eigenvalue weighted by molar-refractivity contribution is 5.80. The number of carbonyl (C=O) groups is 1. The third-order valence-electron chi connectivity index (χ3n) is 4.21. The second-order valence-corrected chi connectivity index (χ2v) is 6.12. The molecular weight excluding hydrogens is 318 g/mol. The zero-order valence-electron chi connectivity index (χ0n) is 14.4. The van der Waals surface area contributed by atoms with Crippen LogP contribution < -0.4 is 10.9 Å². The number of aromatic nitrogens is 2. The van der Waals surface area contributed by atoms with Gasteiger partial charge in [-0.2, -0.15) is 0 Å². The van der Waals surface area contributed by atoms with Gasteiger partial charge < -0.3 is 9.73 Å². The van der Waals surface area contributed by atoms with Crippen LogP contribution in [0.1, 0.15) is 37.1 Å². The number of nitrogens with one attached hydrogen (secondary N) is 1. The lowest BCUT2D eigenvalue weighted by Gasteiger charge is -2.12. The smallest absolute Gasteiger partial charge is 0.261 e. The number of nitrogens with zero attached hydrogens (tertiary/aromatic N) is 2. The van der Waals surface area contributed by atoms with E-state index in [0.29, 0.717) is 24.8 Å². The number of furan rings is 1. The molecule has 0 fully saturated rings. The monoisotopic (exact) mass is 339 g/mol. The molecule has 0 aliphatic carbocycles. The lowest BCUT2D eigenvalue weighted by atomic mass is 10.1. The Balaban J connectivity index is 1.59. The van der Waals surface area contributed by atoms with Gasteiger partial charge in [-0.25, -0.2) is 4.98 Å². The first-order chi connectivity index (χ1) is 12.1. The van der Waals surface area contributed by atoms with Crippen LogP contribution in [-0.4, -0.2) is 15.5 Å². The number of hydrogen-bond acceptors (Lipinski definition) is 4. The SMILES string of the molecule is Cc1cccc2c(=O)n(CCCC(=O)N[C@H](C)c3ccco3)cnc12. The summed E-state index contributed by atoms with van der Waals surface area (Å²) < 4.78 is 6.83. The van der Waals surface area contributed by atoms with E-state index in [1.54, 1.807) is 29.3 Å². The van der Waals surface area contributed by atoms with E-state index in [1.165, 1.54) is 0 Å². The summed E-state index contributed by atoms with van der Waals surface area (Å²) in [4.78, 5) is 28.9. The second-order valence-electron chi connectivity index (χ2n) is 6.12. The van der Waals surface area contributed by atoms with Gasteiger partial charge in [0.05, 0.1) is 29.5 Å². The molecule has 0 aliphatic heterocycles. The lowest BCUT2D eigenvalue weighted by molar-refractivity contribution is -0.122. The quantitative estimate of drug-likeness (QED) is 0.749. The molecule has 3 rings (SSSR count). The van der Waals surface area contributed by atoms with Gasteiger partial charge in [0.25, 0.3) is 5.56 Å². The lowest BCUT2D eigenvalue weighted by Crippen LogP contribution is -2.27. The summed E-state index contributed by atoms with van der Waals surface area (Å²) in [6, 6.07) is 9.02. The summed E-state index contributed by atoms with van der Waals surface area (Å²) >= 11 is 0. The van der Waals surface area contributed by atoms with Crippen molar-refractivity contribution in [2.45, 2.75) is 39.3 Å². The standard InChI is InChI=1S/C19H21N3O3/c1-13-6-3-7-15-18(13)20-12-22(19(15)24)10-4-9-17(23)21-14(2)16-8-5-11-25-16/h3,5-8,11-12,14H,4,9-10H2,1-2H3,(H,21,23)/t14-/m1/s1. The topological polar surface area (TPSA) is 77.1 Å². The molecule has 3 aromatic rings. The highest BCUT2D eigenvalue weighted by atomic mass is 16.3. The molecular formula is C19H21N3O3. The highest BCUT2D eigenvalue weighted by Crippen LogP contribution is 2.13. The normalized spacial score (nSPS) is 12.2. The summed E-state index contributed by atoms with van der Waals surface area (Å²) in [7, 11) is 0. The van der Waals surface area contributed by atoms with E-state index in [1.807, 2.05) is 32.0 Å². The van der Waals surface area contributed by atoms with Crippen LogP contribution in [0.5, 0.6) is 0 Å². The van der Waals surface area contributed by atoms with Crippen molar-refractivity contribution < 1.29 is 9.21 Å². The first-order valence-electron chi connectivity index (χ1n) is 8.34. The molecule has 0 aliphatic rings. The van der Waals surface area contributed by atoms with E-state index in [9.17, 15) is 9.59 Å². The van der Waals surface area contributed by atoms with Crippen LogP contribution in [-0.2, 0) is 11.3 Å². The predicted molar refractivity (Wildman–Crippen MR) is 95.2 cm³/mol. The molecule has 130 valence electrons. The number of para-hydroxylation sites is 1. The summed E-state index contributed by atoms with van der Waals surface area (Å²) in [6.07, 6.45) is 4.04. The summed E-state index contributed by atoms with van der Waals surface area (Å²) in [5.41, 5.74) is 1.64. The minimum absolute atomic E-state index is 0.0680. The van der Waals surface area contributed by atoms with Gasteiger partial charge in [0.15, 0.2) is 0 Å². The van der Waals surface area contributed by atoms with Gasteiger partial charge in [-0.3, -0.25) is 14.2 Å². The maximum Gasteiger partial charge on any atom is 0.261 e. The van der Waals surface area contributed by atoms with Gasteiger partial charge in [0.1, 0.15) is 5.76 Å². The van der Waals surface area contributed by atoms with Gasteiger partial charge in [-0.1, -0.05) is 12.1 Å². The summed E-state index contributed by atoms with van der Waals surface area (Å²) in [6.45, 7) is 4.26. The number of aryl methyl sites for hydroxylation is 2. The molecule has 0 unspecified atom stereocenters. The van der Waals surface area contributed by atoms with Crippen molar-refractivity contribution in [2.24, 2.45) is 0 Å². The minimum Gasteiger partial charge on any atom is -0.467 e. The van der Waals surface area contributed by atoms with Crippen molar-refractivity contribution in [3.05, 3.63) is 64.6 Å². The third-order valence-corrected chi connectivity index (χ3v) is 4.21. The maximum atomic E-state index is 12.5. The highest BCUT2D eigenvalue weighted by Gasteiger charge is 2.12. The molecule has 0 saturated heterocycles. The summed E-state index contributed by atoms with van der Waals surface area (Å²) in [5, 5.41) is 3.49. The summed E-state index contributed by atoms with van der Waals surface area (Å²) in [5.74, 6) is 0.653. The Morgan fingerprint density at radius 2 is 2.16 bits per heavy atom. The minimum atomic E-state index is -0.171. The average molecular weight is 339 g/mol. The van der Waals surface area contributed by atoms with E-state index in [0.717, 1.165) is 16.8 Å². The van der Waals surface area contributed by atoms with E-state index in [-0.39, 0.29) is 17.5 Å². The van der Waals surface area contributed by atoms with Crippen LogP contribution in [0.2, 0.25) is 0 Å². The molecule has 0 spiro atoms. The Morgan fingerprint density at radius 3 is 2.92 bits per heavy atom. The second kappa shape index (κ2) is 7.34. The molecule has 2 heterocycles. The van der Waals surface area contributed by atoms with Crippen LogP contribution in [0.3, 0.4) is 0 Å². The van der Waals surface area contributed by atoms with E-state index in [4.69, 9.17) is 4.42 Å². The number of rotatable bonds is 6. The molecule has 0 radical (unpaired) electrons. The fraction of sp³-hybridized carbons (Fsp3) is 0.316. The molecule has 1 atom stereocenters. The molecule has 2 aromatic heterocycles. The number of benzene rings is 1. The van der Waals surface area contributed by atoms with Crippen LogP contribution in [0.15, 0.2) is 52.1 Å². The fourth-order valence-corrected chi connectivity index (χ4v) is 2.83. The third kappa shape index (κ3) is 3.79. The van der Waals surface area contributed by atoms with Crippen molar-refractivity contribution in [1.82, 2.24) is 14.9 Å². The first-order valence-corrected chi connectivity index (χ1v) is 8.34. The van der Waals surface area contributed by atoms with Crippen LogP contribution in [0.4, 0.5) is 0 Å². The Bertz CT molecular complexity index is 929. The van der Waals surface area contributed by atoms with Gasteiger partial charge in [-0.15, -0.1) is 0 Å². The Labute approximate surface area is 145 Å². The average Bonchev–Trinajstić information content (AvgIpc) is 3.12.